The van der Waals surface area contributed by atoms with E-state index in [9.17, 15) is 0 Å². The summed E-state index contributed by atoms with van der Waals surface area (Å²) in [6, 6.07) is 0. The van der Waals surface area contributed by atoms with Gasteiger partial charge in [0.2, 0.25) is 0 Å². The number of rotatable bonds is 2. The molecule has 0 N–H and O–H groups in total. The van der Waals surface area contributed by atoms with E-state index in [4.69, 9.17) is 0 Å². The van der Waals surface area contributed by atoms with Crippen LogP contribution in [0.4, 0.5) is 0 Å². The lowest BCUT2D eigenvalue weighted by atomic mass is 9.60. The van der Waals surface area contributed by atoms with E-state index in [0.717, 1.165) is 23.7 Å². The van der Waals surface area contributed by atoms with Gasteiger partial charge in [-0.15, -0.1) is 0 Å². The van der Waals surface area contributed by atoms with Crippen LogP contribution in [0, 0.1) is 29.1 Å². The van der Waals surface area contributed by atoms with Gasteiger partial charge in [0.1, 0.15) is 0 Å². The molecule has 0 aliphatic heterocycles. The number of hydrogen-bond acceptors (Lipinski definition) is 0. The van der Waals surface area contributed by atoms with Crippen molar-refractivity contribution in [1.29, 1.82) is 0 Å². The first-order valence-corrected chi connectivity index (χ1v) is 7.63. The fourth-order valence-corrected chi connectivity index (χ4v) is 4.15. The molecule has 0 aromatic heterocycles. The molecule has 2 aliphatic carbocycles. The van der Waals surface area contributed by atoms with Crippen LogP contribution < -0.4 is 0 Å². The minimum absolute atomic E-state index is 0.580. The van der Waals surface area contributed by atoms with Gasteiger partial charge in [0.15, 0.2) is 0 Å². The summed E-state index contributed by atoms with van der Waals surface area (Å²) in [6.45, 7) is 12.1. The molecule has 0 aromatic rings. The Labute approximate surface area is 108 Å². The summed E-state index contributed by atoms with van der Waals surface area (Å²) in [5.41, 5.74) is 2.23. The fraction of sp³-hybridized carbons (Fsp3) is 0.882. The van der Waals surface area contributed by atoms with Gasteiger partial charge in [0, 0.05) is 0 Å². The van der Waals surface area contributed by atoms with E-state index >= 15 is 0 Å². The van der Waals surface area contributed by atoms with Gasteiger partial charge in [-0.25, -0.2) is 0 Å². The fourth-order valence-electron chi connectivity index (χ4n) is 4.15. The Balaban J connectivity index is 2.12. The zero-order valence-electron chi connectivity index (χ0n) is 12.4. The van der Waals surface area contributed by atoms with Crippen LogP contribution in [0.5, 0.6) is 0 Å². The molecule has 2 aliphatic rings. The van der Waals surface area contributed by atoms with Crippen LogP contribution in [0.2, 0.25) is 0 Å². The highest BCUT2D eigenvalue weighted by Gasteiger charge is 2.43. The van der Waals surface area contributed by atoms with Crippen molar-refractivity contribution < 1.29 is 0 Å². The van der Waals surface area contributed by atoms with E-state index in [2.05, 4.69) is 40.7 Å². The van der Waals surface area contributed by atoms with Crippen LogP contribution in [0.25, 0.3) is 0 Å². The molecule has 1 fully saturated rings. The Morgan fingerprint density at radius 2 is 1.94 bits per heavy atom. The second kappa shape index (κ2) is 4.78. The van der Waals surface area contributed by atoms with Gasteiger partial charge in [0.25, 0.3) is 0 Å². The van der Waals surface area contributed by atoms with E-state index in [-0.39, 0.29) is 0 Å². The smallest absolute Gasteiger partial charge is 0.00843 e. The van der Waals surface area contributed by atoms with Crippen molar-refractivity contribution in [2.75, 3.05) is 0 Å². The third-order valence-corrected chi connectivity index (χ3v) is 5.91. The summed E-state index contributed by atoms with van der Waals surface area (Å²) in [6.07, 6.45) is 9.82. The number of allylic oxidation sites excluding steroid dienone is 2. The van der Waals surface area contributed by atoms with Crippen molar-refractivity contribution in [1.82, 2.24) is 0 Å². The second-order valence-corrected chi connectivity index (χ2v) is 7.27. The molecule has 0 nitrogen and oxygen atoms in total. The molecule has 0 amide bonds. The topological polar surface area (TPSA) is 0 Å². The van der Waals surface area contributed by atoms with Gasteiger partial charge < -0.3 is 0 Å². The Hall–Kier alpha value is -0.260. The first-order valence-electron chi connectivity index (χ1n) is 7.63. The largest absolute Gasteiger partial charge is 0.0791 e. The highest BCUT2D eigenvalue weighted by Crippen LogP contribution is 2.54. The molecular formula is C17H30. The Bertz CT molecular complexity index is 299. The SMILES string of the molecule is CC1=C[C@@]2(CC1)C[C@H](C(C)C(C)C)CC[C@H]2C. The van der Waals surface area contributed by atoms with Gasteiger partial charge >= 0.3 is 0 Å². The molecule has 17 heavy (non-hydrogen) atoms. The quantitative estimate of drug-likeness (QED) is 0.558. The van der Waals surface area contributed by atoms with Gasteiger partial charge in [-0.3, -0.25) is 0 Å². The summed E-state index contributed by atoms with van der Waals surface area (Å²) in [5, 5.41) is 0. The van der Waals surface area contributed by atoms with Crippen LogP contribution in [-0.4, -0.2) is 0 Å². The lowest BCUT2D eigenvalue weighted by Crippen LogP contribution is -2.36. The molecular weight excluding hydrogens is 204 g/mol. The van der Waals surface area contributed by atoms with Gasteiger partial charge in [-0.2, -0.15) is 0 Å². The lowest BCUT2D eigenvalue weighted by Gasteiger charge is -2.45. The minimum Gasteiger partial charge on any atom is -0.0791 e. The molecule has 0 bridgehead atoms. The Morgan fingerprint density at radius 1 is 1.24 bits per heavy atom. The van der Waals surface area contributed by atoms with Gasteiger partial charge in [-0.05, 0) is 68.1 Å². The molecule has 2 rings (SSSR count). The average molecular weight is 234 g/mol. The predicted octanol–water partition coefficient (Wildman–Crippen LogP) is 5.44. The van der Waals surface area contributed by atoms with E-state index in [0.29, 0.717) is 5.41 Å². The molecule has 1 saturated carbocycles. The zero-order chi connectivity index (χ0) is 12.6. The summed E-state index contributed by atoms with van der Waals surface area (Å²) in [5.74, 6) is 3.62. The molecule has 0 aromatic carbocycles. The van der Waals surface area contributed by atoms with Crippen LogP contribution in [0.15, 0.2) is 11.6 Å². The molecule has 0 heteroatoms. The second-order valence-electron chi connectivity index (χ2n) is 7.27. The highest BCUT2D eigenvalue weighted by atomic mass is 14.5. The summed E-state index contributed by atoms with van der Waals surface area (Å²) in [7, 11) is 0. The maximum Gasteiger partial charge on any atom is -0.00843 e. The van der Waals surface area contributed by atoms with Crippen molar-refractivity contribution in [3.8, 4) is 0 Å². The first-order chi connectivity index (χ1) is 7.94. The predicted molar refractivity (Wildman–Crippen MR) is 75.9 cm³/mol. The third-order valence-electron chi connectivity index (χ3n) is 5.91. The van der Waals surface area contributed by atoms with Crippen LogP contribution in [0.1, 0.15) is 66.7 Å². The first kappa shape index (κ1) is 13.2. The molecule has 98 valence electrons. The monoisotopic (exact) mass is 234 g/mol. The van der Waals surface area contributed by atoms with Gasteiger partial charge in [0.05, 0.1) is 0 Å². The maximum atomic E-state index is 2.65. The van der Waals surface area contributed by atoms with Gasteiger partial charge in [-0.1, -0.05) is 39.3 Å². The van der Waals surface area contributed by atoms with Crippen LogP contribution in [0.3, 0.4) is 0 Å². The molecule has 1 unspecified atom stereocenters. The van der Waals surface area contributed by atoms with Crippen LogP contribution in [-0.2, 0) is 0 Å². The normalized spacial score (nSPS) is 39.8. The van der Waals surface area contributed by atoms with Crippen molar-refractivity contribution in [3.05, 3.63) is 11.6 Å². The highest BCUT2D eigenvalue weighted by molar-refractivity contribution is 5.18. The maximum absolute atomic E-state index is 2.65. The third kappa shape index (κ3) is 2.46. The molecule has 0 radical (unpaired) electrons. The summed E-state index contributed by atoms with van der Waals surface area (Å²) >= 11 is 0. The number of hydrogen-bond donors (Lipinski definition) is 0. The average Bonchev–Trinajstić information content (AvgIpc) is 2.64. The Morgan fingerprint density at radius 3 is 2.47 bits per heavy atom. The van der Waals surface area contributed by atoms with Crippen molar-refractivity contribution in [2.45, 2.75) is 66.7 Å². The Kier molecular flexibility index (Phi) is 3.71. The molecule has 0 heterocycles. The summed E-state index contributed by atoms with van der Waals surface area (Å²) in [4.78, 5) is 0. The standard InChI is InChI=1S/C17H30/c1-12(2)15(5)16-7-6-14(4)17(11-16)9-8-13(3)10-17/h10,12,14-16H,6-9,11H2,1-5H3/t14-,15?,16-,17+/m1/s1. The minimum atomic E-state index is 0.580. The van der Waals surface area contributed by atoms with Crippen molar-refractivity contribution in [2.24, 2.45) is 29.1 Å². The lowest BCUT2D eigenvalue weighted by molar-refractivity contribution is 0.0762. The zero-order valence-corrected chi connectivity index (χ0v) is 12.4. The molecule has 1 spiro atoms. The van der Waals surface area contributed by atoms with E-state index < -0.39 is 0 Å². The van der Waals surface area contributed by atoms with E-state index in [1.807, 2.05) is 0 Å². The molecule has 0 saturated heterocycles. The summed E-state index contributed by atoms with van der Waals surface area (Å²) < 4.78 is 0. The van der Waals surface area contributed by atoms with Crippen molar-refractivity contribution >= 4 is 0 Å². The van der Waals surface area contributed by atoms with Crippen LogP contribution >= 0.6 is 0 Å². The van der Waals surface area contributed by atoms with E-state index in [1.165, 1.54) is 32.1 Å². The van der Waals surface area contributed by atoms with E-state index in [1.54, 1.807) is 5.57 Å². The molecule has 4 atom stereocenters. The van der Waals surface area contributed by atoms with Crippen molar-refractivity contribution in [3.63, 3.8) is 0 Å².